The van der Waals surface area contributed by atoms with Crippen LogP contribution in [0.2, 0.25) is 0 Å². The molecule has 0 spiro atoms. The molecule has 90 valence electrons. The molecule has 0 aliphatic heterocycles. The molecule has 0 aliphatic carbocycles. The Labute approximate surface area is 97.5 Å². The summed E-state index contributed by atoms with van der Waals surface area (Å²) in [5, 5.41) is 3.35. The van der Waals surface area contributed by atoms with Crippen LogP contribution in [0.25, 0.3) is 0 Å². The zero-order chi connectivity index (χ0) is 12.0. The van der Waals surface area contributed by atoms with Crippen molar-refractivity contribution in [2.24, 2.45) is 5.92 Å². The molecule has 0 aromatic carbocycles. The van der Waals surface area contributed by atoms with Gasteiger partial charge in [-0.15, -0.1) is 0 Å². The van der Waals surface area contributed by atoms with Gasteiger partial charge in [-0.2, -0.15) is 0 Å². The second-order valence-electron chi connectivity index (χ2n) is 4.02. The maximum absolute atomic E-state index is 5.23. The van der Waals surface area contributed by atoms with Crippen molar-refractivity contribution in [1.29, 1.82) is 0 Å². The van der Waals surface area contributed by atoms with Crippen LogP contribution in [0.3, 0.4) is 0 Å². The van der Waals surface area contributed by atoms with E-state index in [1.807, 2.05) is 0 Å². The minimum Gasteiger partial charge on any atom is -0.480 e. The van der Waals surface area contributed by atoms with E-state index in [1.54, 1.807) is 19.5 Å². The van der Waals surface area contributed by atoms with Crippen LogP contribution in [0.5, 0.6) is 5.88 Å². The largest absolute Gasteiger partial charge is 0.480 e. The lowest BCUT2D eigenvalue weighted by Crippen LogP contribution is -2.24. The number of hydrogen-bond donors (Lipinski definition) is 1. The maximum atomic E-state index is 5.23. The van der Waals surface area contributed by atoms with Crippen molar-refractivity contribution in [3.8, 4) is 5.88 Å². The van der Waals surface area contributed by atoms with Crippen LogP contribution in [0.1, 0.15) is 32.4 Å². The molecule has 1 heterocycles. The van der Waals surface area contributed by atoms with Crippen molar-refractivity contribution in [1.82, 2.24) is 15.3 Å². The Hall–Kier alpha value is -1.16. The van der Waals surface area contributed by atoms with E-state index in [1.165, 1.54) is 0 Å². The van der Waals surface area contributed by atoms with Crippen LogP contribution in [0, 0.1) is 5.92 Å². The summed E-state index contributed by atoms with van der Waals surface area (Å²) in [6.45, 7) is 8.46. The van der Waals surface area contributed by atoms with Gasteiger partial charge in [-0.25, -0.2) is 4.98 Å². The van der Waals surface area contributed by atoms with Gasteiger partial charge >= 0.3 is 0 Å². The number of ether oxygens (including phenoxy) is 1. The molecule has 1 aromatic rings. The average Bonchev–Trinajstić information content (AvgIpc) is 2.34. The summed E-state index contributed by atoms with van der Waals surface area (Å²) in [6, 6.07) is 0. The summed E-state index contributed by atoms with van der Waals surface area (Å²) in [5.41, 5.74) is 0.940. The fourth-order valence-electron chi connectivity index (χ4n) is 1.62. The van der Waals surface area contributed by atoms with Crippen LogP contribution < -0.4 is 10.1 Å². The number of hydrogen-bond acceptors (Lipinski definition) is 4. The molecule has 0 bridgehead atoms. The predicted octanol–water partition coefficient (Wildman–Crippen LogP) is 1.83. The molecule has 4 heteroatoms. The summed E-state index contributed by atoms with van der Waals surface area (Å²) < 4.78 is 5.23. The summed E-state index contributed by atoms with van der Waals surface area (Å²) in [6.07, 6.45) is 3.37. The van der Waals surface area contributed by atoms with Crippen LogP contribution in [0.4, 0.5) is 0 Å². The van der Waals surface area contributed by atoms with Crippen LogP contribution in [-0.2, 0) is 0 Å². The molecule has 4 nitrogen and oxygen atoms in total. The second kappa shape index (κ2) is 6.43. The van der Waals surface area contributed by atoms with E-state index >= 15 is 0 Å². The van der Waals surface area contributed by atoms with Gasteiger partial charge < -0.3 is 10.1 Å². The Bertz CT molecular complexity index is 317. The van der Waals surface area contributed by atoms with Crippen molar-refractivity contribution in [3.05, 3.63) is 18.1 Å². The molecule has 1 rings (SSSR count). The quantitative estimate of drug-likeness (QED) is 0.799. The van der Waals surface area contributed by atoms with Gasteiger partial charge in [0.05, 0.1) is 7.11 Å². The maximum Gasteiger partial charge on any atom is 0.235 e. The molecule has 0 aliphatic rings. The van der Waals surface area contributed by atoms with Gasteiger partial charge in [-0.1, -0.05) is 20.8 Å². The molecule has 0 radical (unpaired) electrons. The lowest BCUT2D eigenvalue weighted by molar-refractivity contribution is 0.370. The Morgan fingerprint density at radius 1 is 1.31 bits per heavy atom. The van der Waals surface area contributed by atoms with E-state index < -0.39 is 0 Å². The predicted molar refractivity (Wildman–Crippen MR) is 64.7 cm³/mol. The number of nitrogens with zero attached hydrogens (tertiary/aromatic N) is 2. The molecule has 2 unspecified atom stereocenters. The summed E-state index contributed by atoms with van der Waals surface area (Å²) in [4.78, 5) is 8.54. The summed E-state index contributed by atoms with van der Waals surface area (Å²) >= 11 is 0. The Morgan fingerprint density at radius 2 is 2.00 bits per heavy atom. The molecule has 16 heavy (non-hydrogen) atoms. The molecule has 0 saturated carbocycles. The topological polar surface area (TPSA) is 47.0 Å². The summed E-state index contributed by atoms with van der Waals surface area (Å²) in [7, 11) is 1.63. The number of methoxy groups -OCH3 is 1. The lowest BCUT2D eigenvalue weighted by Gasteiger charge is -2.20. The van der Waals surface area contributed by atoms with Crippen molar-refractivity contribution < 1.29 is 4.74 Å². The first kappa shape index (κ1) is 12.9. The van der Waals surface area contributed by atoms with Gasteiger partial charge in [0, 0.05) is 18.3 Å². The minimum absolute atomic E-state index is 0.336. The van der Waals surface area contributed by atoms with E-state index in [-0.39, 0.29) is 0 Å². The monoisotopic (exact) mass is 223 g/mol. The van der Waals surface area contributed by atoms with Crippen molar-refractivity contribution in [2.45, 2.75) is 26.7 Å². The van der Waals surface area contributed by atoms with E-state index in [4.69, 9.17) is 4.74 Å². The lowest BCUT2D eigenvalue weighted by atomic mass is 9.92. The first-order chi connectivity index (χ1) is 7.70. The molecular weight excluding hydrogens is 202 g/mol. The highest BCUT2D eigenvalue weighted by atomic mass is 16.5. The zero-order valence-corrected chi connectivity index (χ0v) is 10.5. The Balaban J connectivity index is 2.74. The number of aromatic nitrogens is 2. The highest BCUT2D eigenvalue weighted by molar-refractivity contribution is 5.21. The van der Waals surface area contributed by atoms with E-state index in [9.17, 15) is 0 Å². The zero-order valence-electron chi connectivity index (χ0n) is 10.5. The van der Waals surface area contributed by atoms with E-state index in [2.05, 4.69) is 36.1 Å². The van der Waals surface area contributed by atoms with Gasteiger partial charge in [0.1, 0.15) is 5.69 Å². The molecule has 0 amide bonds. The normalized spacial score (nSPS) is 14.5. The molecule has 0 saturated heterocycles. The van der Waals surface area contributed by atoms with Gasteiger partial charge in [0.2, 0.25) is 5.88 Å². The first-order valence-electron chi connectivity index (χ1n) is 5.76. The first-order valence-corrected chi connectivity index (χ1v) is 5.76. The third kappa shape index (κ3) is 3.17. The smallest absolute Gasteiger partial charge is 0.235 e. The highest BCUT2D eigenvalue weighted by Crippen LogP contribution is 2.27. The van der Waals surface area contributed by atoms with Gasteiger partial charge in [-0.3, -0.25) is 4.98 Å². The average molecular weight is 223 g/mol. The Morgan fingerprint density at radius 3 is 2.62 bits per heavy atom. The van der Waals surface area contributed by atoms with E-state index in [0.717, 1.165) is 18.8 Å². The highest BCUT2D eigenvalue weighted by Gasteiger charge is 2.19. The van der Waals surface area contributed by atoms with Crippen LogP contribution >= 0.6 is 0 Å². The third-order valence-electron chi connectivity index (χ3n) is 2.89. The molecule has 0 fully saturated rings. The Kier molecular flexibility index (Phi) is 5.19. The second-order valence-corrected chi connectivity index (χ2v) is 4.02. The third-order valence-corrected chi connectivity index (χ3v) is 2.89. The molecule has 1 N–H and O–H groups in total. The SMILES string of the molecule is CCNCC(C)C(C)c1nccnc1OC. The molecular formula is C12H21N3O. The standard InChI is InChI=1S/C12H21N3O/c1-5-13-8-9(2)10(3)11-12(16-4)15-7-6-14-11/h6-7,9-10,13H,5,8H2,1-4H3. The van der Waals surface area contributed by atoms with Crippen LogP contribution in [-0.4, -0.2) is 30.2 Å². The summed E-state index contributed by atoms with van der Waals surface area (Å²) in [5.74, 6) is 1.48. The minimum atomic E-state index is 0.336. The van der Waals surface area contributed by atoms with Crippen molar-refractivity contribution >= 4 is 0 Å². The van der Waals surface area contributed by atoms with Crippen LogP contribution in [0.15, 0.2) is 12.4 Å². The number of rotatable bonds is 6. The van der Waals surface area contributed by atoms with Gasteiger partial charge in [-0.05, 0) is 19.0 Å². The van der Waals surface area contributed by atoms with E-state index in [0.29, 0.717) is 17.7 Å². The van der Waals surface area contributed by atoms with Crippen molar-refractivity contribution in [3.63, 3.8) is 0 Å². The van der Waals surface area contributed by atoms with Gasteiger partial charge in [0.15, 0.2) is 0 Å². The number of nitrogens with one attached hydrogen (secondary N) is 1. The molecule has 1 aromatic heterocycles. The fourth-order valence-corrected chi connectivity index (χ4v) is 1.62. The van der Waals surface area contributed by atoms with Gasteiger partial charge in [0.25, 0.3) is 0 Å². The molecule has 2 atom stereocenters. The van der Waals surface area contributed by atoms with Crippen molar-refractivity contribution in [2.75, 3.05) is 20.2 Å². The fraction of sp³-hybridized carbons (Fsp3) is 0.667.